The zero-order valence-corrected chi connectivity index (χ0v) is 15.4. The van der Waals surface area contributed by atoms with Crippen molar-refractivity contribution in [2.45, 2.75) is 29.8 Å². The number of carbonyl (C=O) groups is 1. The Bertz CT molecular complexity index is 973. The lowest BCUT2D eigenvalue weighted by Crippen LogP contribution is -2.06. The zero-order valence-electron chi connectivity index (χ0n) is 14.6. The van der Waals surface area contributed by atoms with Crippen molar-refractivity contribution in [2.24, 2.45) is 0 Å². The average molecular weight is 384 g/mol. The van der Waals surface area contributed by atoms with E-state index >= 15 is 0 Å². The van der Waals surface area contributed by atoms with Crippen molar-refractivity contribution in [3.05, 3.63) is 59.7 Å². The first kappa shape index (κ1) is 17.7. The molecule has 1 aromatic carbocycles. The smallest absolute Gasteiger partial charge is 0.338 e. The topological polar surface area (TPSA) is 69.9 Å². The Kier molecular flexibility index (Phi) is 4.89. The first-order chi connectivity index (χ1) is 13.2. The number of thioether (sulfide) groups is 1. The molecule has 0 amide bonds. The number of rotatable bonds is 6. The molecule has 1 fully saturated rings. The van der Waals surface area contributed by atoms with Crippen LogP contribution in [-0.2, 0) is 10.5 Å². The van der Waals surface area contributed by atoms with Crippen LogP contribution in [-0.4, -0.2) is 32.8 Å². The molecule has 6 nitrogen and oxygen atoms in total. The van der Waals surface area contributed by atoms with Gasteiger partial charge in [-0.3, -0.25) is 9.55 Å². The van der Waals surface area contributed by atoms with Crippen LogP contribution in [0.1, 0.15) is 34.8 Å². The molecule has 0 N–H and O–H groups in total. The molecule has 1 aliphatic carbocycles. The van der Waals surface area contributed by atoms with Gasteiger partial charge in [0, 0.05) is 29.8 Å². The summed E-state index contributed by atoms with van der Waals surface area (Å²) in [6, 6.07) is 8.36. The van der Waals surface area contributed by atoms with Gasteiger partial charge in [0.25, 0.3) is 0 Å². The molecule has 0 saturated heterocycles. The fourth-order valence-corrected chi connectivity index (χ4v) is 3.86. The minimum Gasteiger partial charge on any atom is -0.465 e. The van der Waals surface area contributed by atoms with Crippen molar-refractivity contribution in [1.29, 1.82) is 0 Å². The molecule has 1 aliphatic rings. The van der Waals surface area contributed by atoms with Crippen molar-refractivity contribution in [1.82, 2.24) is 19.7 Å². The number of benzene rings is 1. The average Bonchev–Trinajstić information content (AvgIpc) is 3.46. The monoisotopic (exact) mass is 384 g/mol. The first-order valence-electron chi connectivity index (χ1n) is 8.52. The zero-order chi connectivity index (χ0) is 18.8. The lowest BCUT2D eigenvalue weighted by atomic mass is 10.1. The maximum Gasteiger partial charge on any atom is 0.338 e. The quantitative estimate of drug-likeness (QED) is 0.474. The van der Waals surface area contributed by atoms with Gasteiger partial charge in [0.2, 0.25) is 0 Å². The van der Waals surface area contributed by atoms with Gasteiger partial charge in [0.1, 0.15) is 5.82 Å². The molecular formula is C19H17FN4O2S. The third-order valence-corrected chi connectivity index (χ3v) is 5.32. The molecule has 0 aliphatic heterocycles. The predicted molar refractivity (Wildman–Crippen MR) is 98.8 cm³/mol. The molecule has 4 rings (SSSR count). The summed E-state index contributed by atoms with van der Waals surface area (Å²) in [5.41, 5.74) is 1.84. The summed E-state index contributed by atoms with van der Waals surface area (Å²) in [6.45, 7) is 0. The van der Waals surface area contributed by atoms with Crippen LogP contribution >= 0.6 is 11.8 Å². The van der Waals surface area contributed by atoms with Gasteiger partial charge in [-0.1, -0.05) is 17.8 Å². The number of carbonyl (C=O) groups excluding carboxylic acids is 1. The second-order valence-electron chi connectivity index (χ2n) is 6.23. The van der Waals surface area contributed by atoms with Crippen LogP contribution in [0.15, 0.2) is 47.9 Å². The van der Waals surface area contributed by atoms with Crippen LogP contribution in [0.3, 0.4) is 0 Å². The van der Waals surface area contributed by atoms with E-state index in [4.69, 9.17) is 4.74 Å². The highest BCUT2D eigenvalue weighted by Crippen LogP contribution is 2.41. The Labute approximate surface area is 159 Å². The summed E-state index contributed by atoms with van der Waals surface area (Å²) in [4.78, 5) is 16.1. The summed E-state index contributed by atoms with van der Waals surface area (Å²) >= 11 is 1.47. The Morgan fingerprint density at radius 3 is 2.89 bits per heavy atom. The minimum atomic E-state index is -0.551. The van der Waals surface area contributed by atoms with Gasteiger partial charge in [0.05, 0.1) is 12.7 Å². The van der Waals surface area contributed by atoms with Gasteiger partial charge in [-0.05, 0) is 42.7 Å². The number of halogens is 1. The molecule has 1 saturated carbocycles. The summed E-state index contributed by atoms with van der Waals surface area (Å²) < 4.78 is 20.4. The number of ether oxygens (including phenoxy) is 1. The standard InChI is InChI=1S/C19H17FN4O2S/c1-26-18(25)16-9-14(20)5-4-13(16)11-27-19-23-22-17(24(19)15-6-7-15)12-3-2-8-21-10-12/h2-5,8-10,15H,6-7,11H2,1H3. The summed E-state index contributed by atoms with van der Waals surface area (Å²) in [6.07, 6.45) is 5.66. The molecule has 0 bridgehead atoms. The number of hydrogen-bond acceptors (Lipinski definition) is 6. The van der Waals surface area contributed by atoms with Crippen LogP contribution in [0.5, 0.6) is 0 Å². The Balaban J connectivity index is 1.61. The lowest BCUT2D eigenvalue weighted by molar-refractivity contribution is 0.0599. The van der Waals surface area contributed by atoms with Crippen LogP contribution in [0.4, 0.5) is 4.39 Å². The largest absolute Gasteiger partial charge is 0.465 e. The van der Waals surface area contributed by atoms with E-state index in [1.807, 2.05) is 12.1 Å². The van der Waals surface area contributed by atoms with Crippen LogP contribution in [0.2, 0.25) is 0 Å². The van der Waals surface area contributed by atoms with Gasteiger partial charge in [-0.2, -0.15) is 0 Å². The Morgan fingerprint density at radius 2 is 2.19 bits per heavy atom. The third kappa shape index (κ3) is 3.71. The molecule has 2 aromatic heterocycles. The SMILES string of the molecule is COC(=O)c1cc(F)ccc1CSc1nnc(-c2cccnc2)n1C1CC1. The van der Waals surface area contributed by atoms with E-state index < -0.39 is 11.8 Å². The lowest BCUT2D eigenvalue weighted by Gasteiger charge is -2.10. The highest BCUT2D eigenvalue weighted by Gasteiger charge is 2.30. The number of methoxy groups -OCH3 is 1. The van der Waals surface area contributed by atoms with E-state index in [1.165, 1.54) is 31.0 Å². The van der Waals surface area contributed by atoms with E-state index in [1.54, 1.807) is 18.5 Å². The minimum absolute atomic E-state index is 0.231. The Morgan fingerprint density at radius 1 is 1.33 bits per heavy atom. The normalized spacial score (nSPS) is 13.6. The molecule has 0 radical (unpaired) electrons. The molecule has 138 valence electrons. The molecule has 0 spiro atoms. The maximum atomic E-state index is 13.5. The number of esters is 1. The molecule has 2 heterocycles. The fraction of sp³-hybridized carbons (Fsp3) is 0.263. The van der Waals surface area contributed by atoms with E-state index in [0.717, 1.165) is 29.4 Å². The fourth-order valence-electron chi connectivity index (χ4n) is 2.85. The maximum absolute atomic E-state index is 13.5. The predicted octanol–water partition coefficient (Wildman–Crippen LogP) is 3.89. The number of hydrogen-bond donors (Lipinski definition) is 0. The van der Waals surface area contributed by atoms with Gasteiger partial charge in [0.15, 0.2) is 11.0 Å². The molecular weight excluding hydrogens is 367 g/mol. The van der Waals surface area contributed by atoms with Gasteiger partial charge >= 0.3 is 5.97 Å². The van der Waals surface area contributed by atoms with Crippen molar-refractivity contribution >= 4 is 17.7 Å². The molecule has 8 heteroatoms. The molecule has 27 heavy (non-hydrogen) atoms. The van der Waals surface area contributed by atoms with Crippen molar-refractivity contribution in [2.75, 3.05) is 7.11 Å². The first-order valence-corrected chi connectivity index (χ1v) is 9.51. The second-order valence-corrected chi connectivity index (χ2v) is 7.17. The summed E-state index contributed by atoms with van der Waals surface area (Å²) in [5.74, 6) is 0.233. The molecule has 0 unspecified atom stereocenters. The van der Waals surface area contributed by atoms with E-state index in [2.05, 4.69) is 19.7 Å². The van der Waals surface area contributed by atoms with Crippen LogP contribution in [0, 0.1) is 5.82 Å². The highest BCUT2D eigenvalue weighted by molar-refractivity contribution is 7.98. The summed E-state index contributed by atoms with van der Waals surface area (Å²) in [7, 11) is 1.29. The van der Waals surface area contributed by atoms with Gasteiger partial charge in [-0.15, -0.1) is 10.2 Å². The van der Waals surface area contributed by atoms with Crippen molar-refractivity contribution in [3.63, 3.8) is 0 Å². The number of aromatic nitrogens is 4. The van der Waals surface area contributed by atoms with Gasteiger partial charge < -0.3 is 4.74 Å². The van der Waals surface area contributed by atoms with E-state index in [9.17, 15) is 9.18 Å². The van der Waals surface area contributed by atoms with Crippen molar-refractivity contribution < 1.29 is 13.9 Å². The number of pyridine rings is 1. The second kappa shape index (κ2) is 7.48. The van der Waals surface area contributed by atoms with Crippen LogP contribution < -0.4 is 0 Å². The molecule has 0 atom stereocenters. The highest BCUT2D eigenvalue weighted by atomic mass is 32.2. The van der Waals surface area contributed by atoms with Gasteiger partial charge in [-0.25, -0.2) is 9.18 Å². The van der Waals surface area contributed by atoms with Crippen molar-refractivity contribution in [3.8, 4) is 11.4 Å². The third-order valence-electron chi connectivity index (χ3n) is 4.33. The summed E-state index contributed by atoms with van der Waals surface area (Å²) in [5, 5.41) is 9.46. The molecule has 3 aromatic rings. The van der Waals surface area contributed by atoms with E-state index in [-0.39, 0.29) is 5.56 Å². The van der Waals surface area contributed by atoms with E-state index in [0.29, 0.717) is 17.4 Å². The Hall–Kier alpha value is -2.74. The van der Waals surface area contributed by atoms with Crippen LogP contribution in [0.25, 0.3) is 11.4 Å². The number of nitrogens with zero attached hydrogens (tertiary/aromatic N) is 4.